The Labute approximate surface area is 127 Å². The first-order valence-electron chi connectivity index (χ1n) is 6.78. The van der Waals surface area contributed by atoms with E-state index in [0.29, 0.717) is 12.2 Å². The van der Waals surface area contributed by atoms with Crippen LogP contribution in [0.15, 0.2) is 0 Å². The van der Waals surface area contributed by atoms with Gasteiger partial charge in [-0.05, 0) is 27.7 Å². The highest BCUT2D eigenvalue weighted by atomic mass is 32.2. The van der Waals surface area contributed by atoms with Crippen LogP contribution in [0.2, 0.25) is 0 Å². The van der Waals surface area contributed by atoms with E-state index < -0.39 is 29.2 Å². The van der Waals surface area contributed by atoms with Gasteiger partial charge in [0.25, 0.3) is 0 Å². The standard InChI is InChI=1S/C13H21N3O4S/c1-12(2,3)20-11(19)15-13(4)5-8-16(10(13)18)7(6-21-8)9(14)17/h7-8H,5-6H2,1-4H3,(H2,14,17)(H,15,19)/t7?,8?,13-/m1/s1. The summed E-state index contributed by atoms with van der Waals surface area (Å²) in [7, 11) is 0. The van der Waals surface area contributed by atoms with Crippen LogP contribution in [0.25, 0.3) is 0 Å². The minimum Gasteiger partial charge on any atom is -0.444 e. The van der Waals surface area contributed by atoms with Crippen LogP contribution in [0.5, 0.6) is 0 Å². The van der Waals surface area contributed by atoms with Crippen molar-refractivity contribution in [1.29, 1.82) is 0 Å². The van der Waals surface area contributed by atoms with Crippen LogP contribution in [0.4, 0.5) is 4.79 Å². The van der Waals surface area contributed by atoms with Gasteiger partial charge in [0.05, 0.1) is 5.37 Å². The first-order chi connectivity index (χ1) is 9.53. The van der Waals surface area contributed by atoms with E-state index in [2.05, 4.69) is 5.32 Å². The van der Waals surface area contributed by atoms with Crippen LogP contribution in [0.3, 0.4) is 0 Å². The van der Waals surface area contributed by atoms with Crippen molar-refractivity contribution in [2.45, 2.75) is 56.7 Å². The number of rotatable bonds is 2. The number of alkyl carbamates (subject to hydrolysis) is 1. The lowest BCUT2D eigenvalue weighted by Crippen LogP contribution is -2.55. The molecule has 0 spiro atoms. The van der Waals surface area contributed by atoms with Crippen LogP contribution in [-0.4, -0.2) is 51.1 Å². The van der Waals surface area contributed by atoms with E-state index in [4.69, 9.17) is 10.5 Å². The van der Waals surface area contributed by atoms with Crippen molar-refractivity contribution in [3.63, 3.8) is 0 Å². The van der Waals surface area contributed by atoms with Crippen molar-refractivity contribution in [2.24, 2.45) is 5.73 Å². The van der Waals surface area contributed by atoms with E-state index >= 15 is 0 Å². The third-order valence-electron chi connectivity index (χ3n) is 3.49. The zero-order valence-electron chi connectivity index (χ0n) is 12.6. The predicted octanol–water partition coefficient (Wildman–Crippen LogP) is 0.429. The van der Waals surface area contributed by atoms with Gasteiger partial charge in [0.2, 0.25) is 11.8 Å². The molecule has 0 saturated carbocycles. The van der Waals surface area contributed by atoms with Gasteiger partial charge >= 0.3 is 6.09 Å². The first kappa shape index (κ1) is 15.9. The lowest BCUT2D eigenvalue weighted by Gasteiger charge is -2.28. The van der Waals surface area contributed by atoms with Crippen LogP contribution in [0.1, 0.15) is 34.1 Å². The molecule has 21 heavy (non-hydrogen) atoms. The molecule has 0 bridgehead atoms. The Balaban J connectivity index is 2.10. The molecule has 7 nitrogen and oxygen atoms in total. The fourth-order valence-electron chi connectivity index (χ4n) is 2.57. The molecule has 2 rings (SSSR count). The quantitative estimate of drug-likeness (QED) is 0.769. The number of thioether (sulfide) groups is 1. The zero-order valence-corrected chi connectivity index (χ0v) is 13.5. The molecule has 0 radical (unpaired) electrons. The van der Waals surface area contributed by atoms with E-state index in [-0.39, 0.29) is 11.3 Å². The van der Waals surface area contributed by atoms with Gasteiger partial charge in [0, 0.05) is 12.2 Å². The molecule has 0 aromatic rings. The zero-order chi connectivity index (χ0) is 16.0. The van der Waals surface area contributed by atoms with Gasteiger partial charge < -0.3 is 20.7 Å². The van der Waals surface area contributed by atoms with Crippen molar-refractivity contribution in [3.8, 4) is 0 Å². The minimum atomic E-state index is -1.06. The van der Waals surface area contributed by atoms with E-state index in [9.17, 15) is 14.4 Å². The van der Waals surface area contributed by atoms with Crippen LogP contribution in [-0.2, 0) is 14.3 Å². The number of hydrogen-bond acceptors (Lipinski definition) is 5. The third kappa shape index (κ3) is 3.09. The fourth-order valence-corrected chi connectivity index (χ4v) is 4.15. The van der Waals surface area contributed by atoms with E-state index in [1.165, 1.54) is 16.7 Å². The maximum absolute atomic E-state index is 12.6. The van der Waals surface area contributed by atoms with Gasteiger partial charge in [-0.25, -0.2) is 4.79 Å². The highest BCUT2D eigenvalue weighted by Crippen LogP contribution is 2.42. The second kappa shape index (κ2) is 5.08. The number of carbonyl (C=O) groups is 3. The van der Waals surface area contributed by atoms with Crippen molar-refractivity contribution in [3.05, 3.63) is 0 Å². The fraction of sp³-hybridized carbons (Fsp3) is 0.769. The summed E-state index contributed by atoms with van der Waals surface area (Å²) < 4.78 is 5.19. The van der Waals surface area contributed by atoms with Gasteiger partial charge in [-0.3, -0.25) is 9.59 Å². The average molecular weight is 315 g/mol. The van der Waals surface area contributed by atoms with Gasteiger partial charge in [-0.2, -0.15) is 0 Å². The van der Waals surface area contributed by atoms with Crippen molar-refractivity contribution < 1.29 is 19.1 Å². The number of carbonyl (C=O) groups excluding carboxylic acids is 3. The molecule has 0 aromatic carbocycles. The summed E-state index contributed by atoms with van der Waals surface area (Å²) in [5, 5.41) is 2.50. The number of fused-ring (bicyclic) bond motifs is 1. The van der Waals surface area contributed by atoms with Gasteiger partial charge in [0.15, 0.2) is 0 Å². The van der Waals surface area contributed by atoms with Crippen LogP contribution < -0.4 is 11.1 Å². The number of ether oxygens (including phenoxy) is 1. The van der Waals surface area contributed by atoms with Crippen LogP contribution >= 0.6 is 11.8 Å². The Bertz CT molecular complexity index is 490. The van der Waals surface area contributed by atoms with Gasteiger partial charge in [-0.15, -0.1) is 11.8 Å². The average Bonchev–Trinajstić information content (AvgIpc) is 2.76. The van der Waals surface area contributed by atoms with Crippen LogP contribution in [0, 0.1) is 0 Å². The molecule has 3 amide bonds. The Morgan fingerprint density at radius 1 is 1.48 bits per heavy atom. The monoisotopic (exact) mass is 315 g/mol. The summed E-state index contributed by atoms with van der Waals surface area (Å²) in [6.07, 6.45) is -0.209. The van der Waals surface area contributed by atoms with E-state index in [1.807, 2.05) is 0 Å². The largest absolute Gasteiger partial charge is 0.444 e. The Hall–Kier alpha value is -1.44. The molecule has 2 aliphatic heterocycles. The molecular formula is C13H21N3O4S. The number of nitrogens with one attached hydrogen (secondary N) is 1. The molecular weight excluding hydrogens is 294 g/mol. The molecule has 2 saturated heterocycles. The number of amides is 3. The SMILES string of the molecule is CC(C)(C)OC(=O)N[C@]1(C)CC2SCC(C(N)=O)N2C1=O. The smallest absolute Gasteiger partial charge is 0.408 e. The highest BCUT2D eigenvalue weighted by molar-refractivity contribution is 8.00. The summed E-state index contributed by atoms with van der Waals surface area (Å²) >= 11 is 1.51. The first-order valence-corrected chi connectivity index (χ1v) is 7.83. The summed E-state index contributed by atoms with van der Waals surface area (Å²) in [6, 6.07) is -0.602. The molecule has 3 N–H and O–H groups in total. The van der Waals surface area contributed by atoms with Gasteiger partial charge in [-0.1, -0.05) is 0 Å². The third-order valence-corrected chi connectivity index (χ3v) is 4.77. The maximum atomic E-state index is 12.6. The molecule has 118 valence electrons. The molecule has 2 fully saturated rings. The molecule has 2 unspecified atom stereocenters. The summed E-state index contributed by atoms with van der Waals surface area (Å²) in [5.41, 5.74) is 3.63. The van der Waals surface area contributed by atoms with Gasteiger partial charge in [0.1, 0.15) is 17.2 Å². The summed E-state index contributed by atoms with van der Waals surface area (Å²) in [6.45, 7) is 6.91. The number of hydrogen-bond donors (Lipinski definition) is 2. The number of nitrogens with zero attached hydrogens (tertiary/aromatic N) is 1. The second-order valence-corrected chi connectivity index (χ2v) is 7.79. The van der Waals surface area contributed by atoms with Crippen molar-refractivity contribution >= 4 is 29.7 Å². The minimum absolute atomic E-state index is 0.130. The van der Waals surface area contributed by atoms with Crippen molar-refractivity contribution in [1.82, 2.24) is 10.2 Å². The lowest BCUT2D eigenvalue weighted by molar-refractivity contribution is -0.138. The Morgan fingerprint density at radius 3 is 2.62 bits per heavy atom. The molecule has 2 heterocycles. The number of nitrogens with two attached hydrogens (primary N) is 1. The molecule has 0 aromatic heterocycles. The molecule has 0 aliphatic carbocycles. The molecule has 2 aliphatic rings. The number of primary amides is 1. The Kier molecular flexibility index (Phi) is 3.86. The normalized spacial score (nSPS) is 32.0. The van der Waals surface area contributed by atoms with Crippen molar-refractivity contribution in [2.75, 3.05) is 5.75 Å². The molecule has 3 atom stereocenters. The summed E-state index contributed by atoms with van der Waals surface area (Å²) in [4.78, 5) is 37.4. The van der Waals surface area contributed by atoms with E-state index in [0.717, 1.165) is 0 Å². The maximum Gasteiger partial charge on any atom is 0.408 e. The topological polar surface area (TPSA) is 102 Å². The summed E-state index contributed by atoms with van der Waals surface area (Å²) in [5.74, 6) is -0.291. The van der Waals surface area contributed by atoms with E-state index in [1.54, 1.807) is 27.7 Å². The second-order valence-electron chi connectivity index (χ2n) is 6.58. The lowest BCUT2D eigenvalue weighted by atomic mass is 10.0. The highest BCUT2D eigenvalue weighted by Gasteiger charge is 2.56. The Morgan fingerprint density at radius 2 is 2.10 bits per heavy atom. The predicted molar refractivity (Wildman–Crippen MR) is 78.5 cm³/mol. The molecule has 8 heteroatoms.